The van der Waals surface area contributed by atoms with Gasteiger partial charge in [0.2, 0.25) is 5.88 Å². The molecule has 0 spiro atoms. The van der Waals surface area contributed by atoms with Crippen molar-refractivity contribution in [1.29, 1.82) is 0 Å². The number of nitrogen functional groups attached to an aromatic ring is 1. The molecule has 33 heavy (non-hydrogen) atoms. The molecule has 2 N–H and O–H groups in total. The Hall–Kier alpha value is -3.86. The van der Waals surface area contributed by atoms with Gasteiger partial charge in [0.1, 0.15) is 18.2 Å². The number of ether oxygens (including phenoxy) is 2. The summed E-state index contributed by atoms with van der Waals surface area (Å²) in [6, 6.07) is 7.03. The molecule has 0 aromatic carbocycles. The summed E-state index contributed by atoms with van der Waals surface area (Å²) in [4.78, 5) is 23.8. The number of pyridine rings is 2. The van der Waals surface area contributed by atoms with Crippen molar-refractivity contribution in [2.45, 2.75) is 13.5 Å². The summed E-state index contributed by atoms with van der Waals surface area (Å²) in [7, 11) is 3.95. The molecule has 0 saturated carbocycles. The number of imidazole rings is 1. The van der Waals surface area contributed by atoms with Gasteiger partial charge in [-0.3, -0.25) is 4.98 Å². The standard InChI is InChI=1S/C22H25FN8O2/c1-4-32-22-28-19(24)18-21(29-22)31(20(27-18)14-10-15(23)12-25-11-14)13-16-6-5-7-17(26-16)33-9-8-30(2)3/h5-7,10-12H,4,8-9,13H2,1-3H3,(H2,24,28,29). The first-order valence-corrected chi connectivity index (χ1v) is 10.5. The van der Waals surface area contributed by atoms with Gasteiger partial charge in [0.25, 0.3) is 0 Å². The van der Waals surface area contributed by atoms with E-state index >= 15 is 0 Å². The Morgan fingerprint density at radius 1 is 1.09 bits per heavy atom. The van der Waals surface area contributed by atoms with Gasteiger partial charge in [0.05, 0.1) is 25.0 Å². The first-order chi connectivity index (χ1) is 15.9. The normalized spacial score (nSPS) is 11.3. The Morgan fingerprint density at radius 3 is 2.70 bits per heavy atom. The van der Waals surface area contributed by atoms with E-state index in [1.807, 2.05) is 38.1 Å². The second kappa shape index (κ2) is 9.74. The van der Waals surface area contributed by atoms with Gasteiger partial charge in [-0.15, -0.1) is 0 Å². The van der Waals surface area contributed by atoms with Crippen LogP contribution < -0.4 is 15.2 Å². The highest BCUT2D eigenvalue weighted by molar-refractivity contribution is 5.85. The zero-order chi connectivity index (χ0) is 23.4. The van der Waals surface area contributed by atoms with Crippen LogP contribution in [0.1, 0.15) is 12.6 Å². The van der Waals surface area contributed by atoms with E-state index in [4.69, 9.17) is 15.2 Å². The van der Waals surface area contributed by atoms with Crippen molar-refractivity contribution in [1.82, 2.24) is 34.4 Å². The predicted molar refractivity (Wildman–Crippen MR) is 121 cm³/mol. The highest BCUT2D eigenvalue weighted by Crippen LogP contribution is 2.28. The van der Waals surface area contributed by atoms with E-state index in [1.165, 1.54) is 12.3 Å². The van der Waals surface area contributed by atoms with E-state index in [1.54, 1.807) is 10.6 Å². The van der Waals surface area contributed by atoms with Crippen LogP contribution in [-0.2, 0) is 6.54 Å². The van der Waals surface area contributed by atoms with Crippen LogP contribution in [-0.4, -0.2) is 68.2 Å². The molecule has 0 atom stereocenters. The molecule has 0 aliphatic carbocycles. The van der Waals surface area contributed by atoms with Crippen LogP contribution >= 0.6 is 0 Å². The Balaban J connectivity index is 1.77. The van der Waals surface area contributed by atoms with E-state index in [-0.39, 0.29) is 18.4 Å². The van der Waals surface area contributed by atoms with Gasteiger partial charge in [-0.1, -0.05) is 6.07 Å². The van der Waals surface area contributed by atoms with Crippen molar-refractivity contribution >= 4 is 17.0 Å². The fraction of sp³-hybridized carbons (Fsp3) is 0.318. The average molecular weight is 452 g/mol. The lowest BCUT2D eigenvalue weighted by atomic mass is 10.2. The van der Waals surface area contributed by atoms with Crippen LogP contribution in [0.2, 0.25) is 0 Å². The third-order valence-corrected chi connectivity index (χ3v) is 4.73. The SMILES string of the molecule is CCOc1nc(N)c2nc(-c3cncc(F)c3)n(Cc3cccc(OCCN(C)C)n3)c2n1. The lowest BCUT2D eigenvalue weighted by Crippen LogP contribution is -2.19. The number of likely N-dealkylation sites (N-methyl/N-ethyl adjacent to an activating group) is 1. The smallest absolute Gasteiger partial charge is 0.320 e. The fourth-order valence-electron chi connectivity index (χ4n) is 3.22. The Labute approximate surface area is 190 Å². The van der Waals surface area contributed by atoms with Crippen molar-refractivity contribution in [2.75, 3.05) is 39.6 Å². The van der Waals surface area contributed by atoms with E-state index in [0.717, 1.165) is 12.7 Å². The largest absolute Gasteiger partial charge is 0.476 e. The molecule has 0 aliphatic rings. The monoisotopic (exact) mass is 452 g/mol. The topological polar surface area (TPSA) is 117 Å². The van der Waals surface area contributed by atoms with Crippen LogP contribution in [0, 0.1) is 5.82 Å². The molecule has 0 fully saturated rings. The Kier molecular flexibility index (Phi) is 6.59. The maximum atomic E-state index is 13.9. The number of halogens is 1. The van der Waals surface area contributed by atoms with Crippen LogP contribution in [0.3, 0.4) is 0 Å². The summed E-state index contributed by atoms with van der Waals surface area (Å²) >= 11 is 0. The average Bonchev–Trinajstić information content (AvgIpc) is 3.13. The zero-order valence-electron chi connectivity index (χ0n) is 18.7. The van der Waals surface area contributed by atoms with Crippen molar-refractivity contribution in [3.63, 3.8) is 0 Å². The number of hydrogen-bond acceptors (Lipinski definition) is 9. The molecule has 172 valence electrons. The molecule has 10 nitrogen and oxygen atoms in total. The van der Waals surface area contributed by atoms with Gasteiger partial charge in [-0.05, 0) is 33.2 Å². The first kappa shape index (κ1) is 22.3. The number of fused-ring (bicyclic) bond motifs is 1. The molecule has 4 heterocycles. The Bertz CT molecular complexity index is 1260. The van der Waals surface area contributed by atoms with Crippen LogP contribution in [0.25, 0.3) is 22.6 Å². The maximum absolute atomic E-state index is 13.9. The number of anilines is 1. The van der Waals surface area contributed by atoms with Gasteiger partial charge in [0, 0.05) is 24.4 Å². The first-order valence-electron chi connectivity index (χ1n) is 10.5. The molecule has 4 aromatic heterocycles. The van der Waals surface area contributed by atoms with Crippen molar-refractivity contribution in [3.8, 4) is 23.3 Å². The van der Waals surface area contributed by atoms with Gasteiger partial charge in [-0.25, -0.2) is 14.4 Å². The van der Waals surface area contributed by atoms with Crippen LogP contribution in [0.5, 0.6) is 11.9 Å². The summed E-state index contributed by atoms with van der Waals surface area (Å²) < 4.78 is 26.9. The van der Waals surface area contributed by atoms with Gasteiger partial charge in [0.15, 0.2) is 17.0 Å². The fourth-order valence-corrected chi connectivity index (χ4v) is 3.22. The molecule has 0 saturated heterocycles. The zero-order valence-corrected chi connectivity index (χ0v) is 18.7. The minimum absolute atomic E-state index is 0.140. The second-order valence-electron chi connectivity index (χ2n) is 7.53. The molecule has 4 rings (SSSR count). The van der Waals surface area contributed by atoms with E-state index in [9.17, 15) is 4.39 Å². The molecule has 0 bridgehead atoms. The van der Waals surface area contributed by atoms with E-state index in [0.29, 0.717) is 47.3 Å². The summed E-state index contributed by atoms with van der Waals surface area (Å²) in [5.74, 6) is 0.639. The summed E-state index contributed by atoms with van der Waals surface area (Å²) in [6.07, 6.45) is 2.66. The maximum Gasteiger partial charge on any atom is 0.320 e. The lowest BCUT2D eigenvalue weighted by molar-refractivity contribution is 0.253. The van der Waals surface area contributed by atoms with Crippen molar-refractivity contribution in [3.05, 3.63) is 48.2 Å². The number of nitrogens with zero attached hydrogens (tertiary/aromatic N) is 7. The molecular weight excluding hydrogens is 427 g/mol. The number of nitrogens with two attached hydrogens (primary N) is 1. The van der Waals surface area contributed by atoms with E-state index in [2.05, 4.69) is 24.9 Å². The quantitative estimate of drug-likeness (QED) is 0.408. The van der Waals surface area contributed by atoms with E-state index < -0.39 is 5.82 Å². The van der Waals surface area contributed by atoms with Gasteiger partial charge < -0.3 is 24.7 Å². The van der Waals surface area contributed by atoms with Crippen molar-refractivity contribution in [2.24, 2.45) is 0 Å². The van der Waals surface area contributed by atoms with Crippen LogP contribution in [0.4, 0.5) is 10.2 Å². The minimum atomic E-state index is -0.477. The molecule has 0 radical (unpaired) electrons. The molecule has 0 amide bonds. The highest BCUT2D eigenvalue weighted by Gasteiger charge is 2.20. The summed E-state index contributed by atoms with van der Waals surface area (Å²) in [6.45, 7) is 3.78. The molecular formula is C22H25FN8O2. The molecule has 0 aliphatic heterocycles. The van der Waals surface area contributed by atoms with Crippen LogP contribution in [0.15, 0.2) is 36.7 Å². The van der Waals surface area contributed by atoms with Gasteiger partial charge in [-0.2, -0.15) is 9.97 Å². The number of hydrogen-bond donors (Lipinski definition) is 1. The summed E-state index contributed by atoms with van der Waals surface area (Å²) in [5.41, 5.74) is 8.15. The number of rotatable bonds is 9. The third kappa shape index (κ3) is 5.14. The predicted octanol–water partition coefficient (Wildman–Crippen LogP) is 2.39. The Morgan fingerprint density at radius 2 is 1.94 bits per heavy atom. The molecule has 0 unspecified atom stereocenters. The third-order valence-electron chi connectivity index (χ3n) is 4.73. The molecule has 4 aromatic rings. The minimum Gasteiger partial charge on any atom is -0.476 e. The summed E-state index contributed by atoms with van der Waals surface area (Å²) in [5, 5.41) is 0. The highest BCUT2D eigenvalue weighted by atomic mass is 19.1. The lowest BCUT2D eigenvalue weighted by Gasteiger charge is -2.12. The molecule has 11 heteroatoms. The second-order valence-corrected chi connectivity index (χ2v) is 7.53. The van der Waals surface area contributed by atoms with Crippen molar-refractivity contribution < 1.29 is 13.9 Å². The van der Waals surface area contributed by atoms with Gasteiger partial charge >= 0.3 is 6.01 Å². The number of aromatic nitrogens is 6.